The van der Waals surface area contributed by atoms with Crippen molar-refractivity contribution in [2.45, 2.75) is 26.0 Å². The van der Waals surface area contributed by atoms with Crippen LogP contribution in [0.4, 0.5) is 4.39 Å². The highest BCUT2D eigenvalue weighted by Gasteiger charge is 2.17. The van der Waals surface area contributed by atoms with Crippen molar-refractivity contribution in [1.29, 1.82) is 0 Å². The SMILES string of the molecule is CCN(C)C(=O)C(C)NCC(O)COc1ccc(F)cc1. The topological polar surface area (TPSA) is 61.8 Å². The molecule has 0 fully saturated rings. The van der Waals surface area contributed by atoms with E-state index < -0.39 is 6.10 Å². The molecule has 1 aromatic carbocycles. The van der Waals surface area contributed by atoms with Gasteiger partial charge in [-0.05, 0) is 38.1 Å². The standard InChI is InChI=1S/C15H23FN2O3/c1-4-18(3)15(20)11(2)17-9-13(19)10-21-14-7-5-12(16)6-8-14/h5-8,11,13,17,19H,4,9-10H2,1-3H3. The number of hydrogen-bond donors (Lipinski definition) is 2. The van der Waals surface area contributed by atoms with Crippen LogP contribution in [-0.4, -0.2) is 54.8 Å². The van der Waals surface area contributed by atoms with Gasteiger partial charge in [0.2, 0.25) is 5.91 Å². The normalized spacial score (nSPS) is 13.6. The van der Waals surface area contributed by atoms with Gasteiger partial charge in [-0.2, -0.15) is 0 Å². The molecule has 21 heavy (non-hydrogen) atoms. The quantitative estimate of drug-likeness (QED) is 0.752. The Hall–Kier alpha value is -1.66. The van der Waals surface area contributed by atoms with Crippen molar-refractivity contribution in [3.63, 3.8) is 0 Å². The number of aliphatic hydroxyl groups excluding tert-OH is 1. The lowest BCUT2D eigenvalue weighted by atomic mass is 10.2. The third-order valence-electron chi connectivity index (χ3n) is 3.14. The molecule has 1 amide bonds. The molecule has 2 unspecified atom stereocenters. The van der Waals surface area contributed by atoms with Gasteiger partial charge in [-0.25, -0.2) is 4.39 Å². The summed E-state index contributed by atoms with van der Waals surface area (Å²) in [5.74, 6) is 0.131. The van der Waals surface area contributed by atoms with Gasteiger partial charge >= 0.3 is 0 Å². The summed E-state index contributed by atoms with van der Waals surface area (Å²) in [7, 11) is 1.73. The molecular weight excluding hydrogens is 275 g/mol. The van der Waals surface area contributed by atoms with Crippen molar-refractivity contribution < 1.29 is 19.0 Å². The predicted molar refractivity (Wildman–Crippen MR) is 78.7 cm³/mol. The van der Waals surface area contributed by atoms with Gasteiger partial charge in [0, 0.05) is 20.1 Å². The number of aliphatic hydroxyl groups is 1. The maximum Gasteiger partial charge on any atom is 0.239 e. The van der Waals surface area contributed by atoms with E-state index in [1.165, 1.54) is 24.3 Å². The fraction of sp³-hybridized carbons (Fsp3) is 0.533. The molecule has 0 saturated carbocycles. The highest BCUT2D eigenvalue weighted by molar-refractivity contribution is 5.81. The Kier molecular flexibility index (Phi) is 7.11. The highest BCUT2D eigenvalue weighted by atomic mass is 19.1. The third-order valence-corrected chi connectivity index (χ3v) is 3.14. The van der Waals surface area contributed by atoms with Crippen LogP contribution in [0.1, 0.15) is 13.8 Å². The van der Waals surface area contributed by atoms with Crippen molar-refractivity contribution in [2.24, 2.45) is 0 Å². The zero-order valence-electron chi connectivity index (χ0n) is 12.7. The van der Waals surface area contributed by atoms with Gasteiger partial charge < -0.3 is 20.1 Å². The van der Waals surface area contributed by atoms with E-state index in [9.17, 15) is 14.3 Å². The molecule has 0 heterocycles. The molecule has 0 bridgehead atoms. The highest BCUT2D eigenvalue weighted by Crippen LogP contribution is 2.11. The summed E-state index contributed by atoms with van der Waals surface area (Å²) in [6.45, 7) is 4.61. The third kappa shape index (κ3) is 6.10. The van der Waals surface area contributed by atoms with Gasteiger partial charge in [0.25, 0.3) is 0 Å². The number of carbonyl (C=O) groups is 1. The van der Waals surface area contributed by atoms with Gasteiger partial charge in [-0.1, -0.05) is 0 Å². The fourth-order valence-electron chi connectivity index (χ4n) is 1.67. The van der Waals surface area contributed by atoms with Crippen LogP contribution in [0.5, 0.6) is 5.75 Å². The molecule has 0 saturated heterocycles. The van der Waals surface area contributed by atoms with Crippen molar-refractivity contribution in [3.8, 4) is 5.75 Å². The summed E-state index contributed by atoms with van der Waals surface area (Å²) in [6.07, 6.45) is -0.753. The number of likely N-dealkylation sites (N-methyl/N-ethyl adjacent to an activating group) is 1. The fourth-order valence-corrected chi connectivity index (χ4v) is 1.67. The first-order valence-electron chi connectivity index (χ1n) is 6.98. The Morgan fingerprint density at radius 1 is 1.43 bits per heavy atom. The molecule has 0 aromatic heterocycles. The molecule has 0 aliphatic rings. The van der Waals surface area contributed by atoms with Crippen molar-refractivity contribution >= 4 is 5.91 Å². The van der Waals surface area contributed by atoms with E-state index in [0.717, 1.165) is 0 Å². The van der Waals surface area contributed by atoms with Crippen LogP contribution in [0.15, 0.2) is 24.3 Å². The average Bonchev–Trinajstić information content (AvgIpc) is 2.50. The van der Waals surface area contributed by atoms with Gasteiger partial charge in [0.15, 0.2) is 0 Å². The number of nitrogens with zero attached hydrogens (tertiary/aromatic N) is 1. The van der Waals surface area contributed by atoms with Crippen LogP contribution in [0.2, 0.25) is 0 Å². The Bertz CT molecular complexity index is 439. The minimum atomic E-state index is -0.753. The summed E-state index contributed by atoms with van der Waals surface area (Å²) in [5.41, 5.74) is 0. The summed E-state index contributed by atoms with van der Waals surface area (Å²) >= 11 is 0. The molecule has 2 atom stereocenters. The smallest absolute Gasteiger partial charge is 0.239 e. The number of hydrogen-bond acceptors (Lipinski definition) is 4. The molecule has 0 spiro atoms. The predicted octanol–water partition coefficient (Wildman–Crippen LogP) is 1.02. The number of benzene rings is 1. The largest absolute Gasteiger partial charge is 0.491 e. The molecule has 1 aromatic rings. The molecule has 0 aliphatic carbocycles. The molecule has 2 N–H and O–H groups in total. The summed E-state index contributed by atoms with van der Waals surface area (Å²) < 4.78 is 18.0. The van der Waals surface area contributed by atoms with Crippen LogP contribution in [0, 0.1) is 5.82 Å². The number of nitrogens with one attached hydrogen (secondary N) is 1. The summed E-state index contributed by atoms with van der Waals surface area (Å²) in [4.78, 5) is 13.4. The second-order valence-electron chi connectivity index (χ2n) is 4.90. The van der Waals surface area contributed by atoms with E-state index in [1.807, 2.05) is 6.92 Å². The first-order valence-corrected chi connectivity index (χ1v) is 6.98. The molecular formula is C15H23FN2O3. The first kappa shape index (κ1) is 17.4. The van der Waals surface area contributed by atoms with Crippen LogP contribution >= 0.6 is 0 Å². The number of halogens is 1. The van der Waals surface area contributed by atoms with Crippen LogP contribution in [-0.2, 0) is 4.79 Å². The van der Waals surface area contributed by atoms with Gasteiger partial charge in [0.1, 0.15) is 24.3 Å². The lowest BCUT2D eigenvalue weighted by molar-refractivity contribution is -0.131. The number of ether oxygens (including phenoxy) is 1. The first-order chi connectivity index (χ1) is 9.93. The Morgan fingerprint density at radius 3 is 2.62 bits per heavy atom. The molecule has 5 nitrogen and oxygen atoms in total. The molecule has 1 rings (SSSR count). The second-order valence-corrected chi connectivity index (χ2v) is 4.90. The van der Waals surface area contributed by atoms with Gasteiger partial charge in [0.05, 0.1) is 6.04 Å². The monoisotopic (exact) mass is 298 g/mol. The second kappa shape index (κ2) is 8.59. The van der Waals surface area contributed by atoms with Gasteiger partial charge in [-0.3, -0.25) is 4.79 Å². The average molecular weight is 298 g/mol. The van der Waals surface area contributed by atoms with Crippen LogP contribution in [0.3, 0.4) is 0 Å². The Labute approximate surface area is 124 Å². The lowest BCUT2D eigenvalue weighted by Gasteiger charge is -2.22. The number of rotatable bonds is 8. The summed E-state index contributed by atoms with van der Waals surface area (Å²) in [5, 5.41) is 12.8. The minimum Gasteiger partial charge on any atom is -0.491 e. The van der Waals surface area contributed by atoms with Crippen molar-refractivity contribution in [2.75, 3.05) is 26.7 Å². The zero-order chi connectivity index (χ0) is 15.8. The lowest BCUT2D eigenvalue weighted by Crippen LogP contribution is -2.46. The van der Waals surface area contributed by atoms with E-state index >= 15 is 0 Å². The van der Waals surface area contributed by atoms with E-state index in [0.29, 0.717) is 12.3 Å². The van der Waals surface area contributed by atoms with Gasteiger partial charge in [-0.15, -0.1) is 0 Å². The Morgan fingerprint density at radius 2 is 2.05 bits per heavy atom. The van der Waals surface area contributed by atoms with Crippen LogP contribution < -0.4 is 10.1 Å². The van der Waals surface area contributed by atoms with Crippen molar-refractivity contribution in [1.82, 2.24) is 10.2 Å². The molecule has 118 valence electrons. The van der Waals surface area contributed by atoms with E-state index in [4.69, 9.17) is 4.74 Å². The maximum atomic E-state index is 12.7. The van der Waals surface area contributed by atoms with Crippen molar-refractivity contribution in [3.05, 3.63) is 30.1 Å². The number of amides is 1. The maximum absolute atomic E-state index is 12.7. The summed E-state index contributed by atoms with van der Waals surface area (Å²) in [6, 6.07) is 5.22. The van der Waals surface area contributed by atoms with E-state index in [1.54, 1.807) is 18.9 Å². The molecule has 0 radical (unpaired) electrons. The minimum absolute atomic E-state index is 0.0239. The molecule has 6 heteroatoms. The van der Waals surface area contributed by atoms with Crippen LogP contribution in [0.25, 0.3) is 0 Å². The van der Waals surface area contributed by atoms with E-state index in [-0.39, 0.29) is 30.9 Å². The zero-order valence-corrected chi connectivity index (χ0v) is 12.7. The number of carbonyl (C=O) groups excluding carboxylic acids is 1. The Balaban J connectivity index is 2.29. The van der Waals surface area contributed by atoms with E-state index in [2.05, 4.69) is 5.32 Å². The molecule has 0 aliphatic heterocycles.